The highest BCUT2D eigenvalue weighted by molar-refractivity contribution is 7.99. The SMILES string of the molecule is O=C(CSc1nc(-c2ccccc2)c(-c2ccccc2)[nH]1)Nc1cccc(C(=O)NC2CC2)c1. The van der Waals surface area contributed by atoms with Crippen molar-refractivity contribution in [2.75, 3.05) is 11.1 Å². The average molecular weight is 469 g/mol. The molecule has 170 valence electrons. The molecule has 3 aromatic carbocycles. The van der Waals surface area contributed by atoms with Crippen molar-refractivity contribution in [2.24, 2.45) is 0 Å². The van der Waals surface area contributed by atoms with Crippen LogP contribution in [0, 0.1) is 0 Å². The van der Waals surface area contributed by atoms with E-state index in [9.17, 15) is 9.59 Å². The quantitative estimate of drug-likeness (QED) is 0.304. The number of amides is 2. The highest BCUT2D eigenvalue weighted by Crippen LogP contribution is 2.32. The lowest BCUT2D eigenvalue weighted by atomic mass is 10.1. The lowest BCUT2D eigenvalue weighted by molar-refractivity contribution is -0.113. The summed E-state index contributed by atoms with van der Waals surface area (Å²) in [6, 6.07) is 27.3. The zero-order valence-corrected chi connectivity index (χ0v) is 19.3. The fourth-order valence-electron chi connectivity index (χ4n) is 3.60. The van der Waals surface area contributed by atoms with E-state index in [1.165, 1.54) is 11.8 Å². The van der Waals surface area contributed by atoms with Crippen molar-refractivity contribution in [3.8, 4) is 22.5 Å². The fraction of sp³-hybridized carbons (Fsp3) is 0.148. The molecule has 3 N–H and O–H groups in total. The molecule has 0 bridgehead atoms. The van der Waals surface area contributed by atoms with E-state index >= 15 is 0 Å². The van der Waals surface area contributed by atoms with Crippen LogP contribution in [0.2, 0.25) is 0 Å². The number of anilines is 1. The topological polar surface area (TPSA) is 86.9 Å². The largest absolute Gasteiger partial charge is 0.349 e. The van der Waals surface area contributed by atoms with Crippen molar-refractivity contribution >= 4 is 29.3 Å². The number of H-pyrrole nitrogens is 1. The summed E-state index contributed by atoms with van der Waals surface area (Å²) < 4.78 is 0. The smallest absolute Gasteiger partial charge is 0.251 e. The van der Waals surface area contributed by atoms with Gasteiger partial charge in [0.05, 0.1) is 17.1 Å². The van der Waals surface area contributed by atoms with Crippen molar-refractivity contribution in [1.82, 2.24) is 15.3 Å². The zero-order valence-electron chi connectivity index (χ0n) is 18.5. The standard InChI is InChI=1S/C27H24N4O2S/c32-23(28-22-13-7-12-20(16-22)26(33)29-21-14-15-21)17-34-27-30-24(18-8-3-1-4-9-18)25(31-27)19-10-5-2-6-11-19/h1-13,16,21H,14-15,17H2,(H,28,32)(H,29,33)(H,30,31). The molecular weight excluding hydrogens is 444 g/mol. The van der Waals surface area contributed by atoms with Gasteiger partial charge in [0.25, 0.3) is 5.91 Å². The van der Waals surface area contributed by atoms with E-state index in [4.69, 9.17) is 4.98 Å². The van der Waals surface area contributed by atoms with Gasteiger partial charge in [-0.05, 0) is 31.0 Å². The molecule has 5 rings (SSSR count). The highest BCUT2D eigenvalue weighted by atomic mass is 32.2. The Labute approximate surface area is 202 Å². The Kier molecular flexibility index (Phi) is 6.44. The van der Waals surface area contributed by atoms with E-state index in [1.54, 1.807) is 24.3 Å². The number of carbonyl (C=O) groups is 2. The van der Waals surface area contributed by atoms with Crippen LogP contribution in [0.5, 0.6) is 0 Å². The molecule has 1 aliphatic rings. The Hall–Kier alpha value is -3.84. The Morgan fingerprint density at radius 2 is 1.62 bits per heavy atom. The predicted octanol–water partition coefficient (Wildman–Crippen LogP) is 5.37. The maximum absolute atomic E-state index is 12.6. The molecule has 7 heteroatoms. The van der Waals surface area contributed by atoms with Gasteiger partial charge in [0.2, 0.25) is 5.91 Å². The van der Waals surface area contributed by atoms with E-state index in [2.05, 4.69) is 15.6 Å². The van der Waals surface area contributed by atoms with E-state index in [-0.39, 0.29) is 23.6 Å². The monoisotopic (exact) mass is 468 g/mol. The second kappa shape index (κ2) is 9.97. The number of thioether (sulfide) groups is 1. The summed E-state index contributed by atoms with van der Waals surface area (Å²) in [4.78, 5) is 33.0. The molecule has 1 heterocycles. The number of hydrogen-bond acceptors (Lipinski definition) is 4. The number of aromatic amines is 1. The summed E-state index contributed by atoms with van der Waals surface area (Å²) in [6.07, 6.45) is 2.06. The number of hydrogen-bond donors (Lipinski definition) is 3. The summed E-state index contributed by atoms with van der Waals surface area (Å²) in [7, 11) is 0. The van der Waals surface area contributed by atoms with Crippen LogP contribution in [0.3, 0.4) is 0 Å². The minimum Gasteiger partial charge on any atom is -0.349 e. The van der Waals surface area contributed by atoms with Crippen molar-refractivity contribution in [3.63, 3.8) is 0 Å². The van der Waals surface area contributed by atoms with Crippen LogP contribution < -0.4 is 10.6 Å². The number of carbonyl (C=O) groups excluding carboxylic acids is 2. The molecule has 1 aromatic heterocycles. The summed E-state index contributed by atoms with van der Waals surface area (Å²) in [5, 5.41) is 6.52. The van der Waals surface area contributed by atoms with Crippen LogP contribution in [0.1, 0.15) is 23.2 Å². The van der Waals surface area contributed by atoms with Crippen LogP contribution in [0.4, 0.5) is 5.69 Å². The van der Waals surface area contributed by atoms with Crippen molar-refractivity contribution in [1.29, 1.82) is 0 Å². The van der Waals surface area contributed by atoms with Crippen LogP contribution in [-0.2, 0) is 4.79 Å². The van der Waals surface area contributed by atoms with Gasteiger partial charge in [0.15, 0.2) is 5.16 Å². The zero-order chi connectivity index (χ0) is 23.3. The van der Waals surface area contributed by atoms with Gasteiger partial charge >= 0.3 is 0 Å². The van der Waals surface area contributed by atoms with E-state index in [0.717, 1.165) is 35.4 Å². The molecule has 1 fully saturated rings. The van der Waals surface area contributed by atoms with Gasteiger partial charge in [0.1, 0.15) is 0 Å². The lowest BCUT2D eigenvalue weighted by Crippen LogP contribution is -2.25. The first-order chi connectivity index (χ1) is 16.7. The third-order valence-electron chi connectivity index (χ3n) is 5.45. The van der Waals surface area contributed by atoms with Crippen LogP contribution >= 0.6 is 11.8 Å². The van der Waals surface area contributed by atoms with Gasteiger partial charge in [-0.25, -0.2) is 4.98 Å². The predicted molar refractivity (Wildman–Crippen MR) is 136 cm³/mol. The van der Waals surface area contributed by atoms with Crippen LogP contribution in [0.25, 0.3) is 22.5 Å². The first-order valence-corrected chi connectivity index (χ1v) is 12.2. The Morgan fingerprint density at radius 3 is 2.32 bits per heavy atom. The summed E-state index contributed by atoms with van der Waals surface area (Å²) in [5.74, 6) is -0.0804. The number of benzene rings is 3. The molecule has 0 radical (unpaired) electrons. The Bertz CT molecular complexity index is 1240. The normalized spacial score (nSPS) is 12.8. The van der Waals surface area contributed by atoms with Crippen molar-refractivity contribution in [2.45, 2.75) is 24.0 Å². The minimum absolute atomic E-state index is 0.106. The van der Waals surface area contributed by atoms with Gasteiger partial charge in [-0.3, -0.25) is 9.59 Å². The van der Waals surface area contributed by atoms with E-state index < -0.39 is 0 Å². The molecule has 0 saturated heterocycles. The summed E-state index contributed by atoms with van der Waals surface area (Å²) >= 11 is 1.34. The van der Waals surface area contributed by atoms with Crippen molar-refractivity contribution in [3.05, 3.63) is 90.5 Å². The number of nitrogens with one attached hydrogen (secondary N) is 3. The number of aromatic nitrogens is 2. The third-order valence-corrected chi connectivity index (χ3v) is 6.33. The first kappa shape index (κ1) is 22.0. The molecular formula is C27H24N4O2S. The summed E-state index contributed by atoms with van der Waals surface area (Å²) in [5.41, 5.74) is 4.96. The van der Waals surface area contributed by atoms with Gasteiger partial charge in [0, 0.05) is 28.4 Å². The van der Waals surface area contributed by atoms with Crippen molar-refractivity contribution < 1.29 is 9.59 Å². The second-order valence-electron chi connectivity index (χ2n) is 8.16. The average Bonchev–Trinajstić information content (AvgIpc) is 3.59. The minimum atomic E-state index is -0.163. The molecule has 2 amide bonds. The second-order valence-corrected chi connectivity index (χ2v) is 9.13. The van der Waals surface area contributed by atoms with Crippen LogP contribution in [0.15, 0.2) is 90.1 Å². The number of nitrogens with zero attached hydrogens (tertiary/aromatic N) is 1. The Morgan fingerprint density at radius 1 is 0.912 bits per heavy atom. The van der Waals surface area contributed by atoms with Gasteiger partial charge in [-0.2, -0.15) is 0 Å². The summed E-state index contributed by atoms with van der Waals surface area (Å²) in [6.45, 7) is 0. The Balaban J connectivity index is 1.27. The third kappa shape index (κ3) is 5.38. The highest BCUT2D eigenvalue weighted by Gasteiger charge is 2.24. The molecule has 1 aliphatic carbocycles. The fourth-order valence-corrected chi connectivity index (χ4v) is 4.27. The van der Waals surface area contributed by atoms with E-state index in [0.29, 0.717) is 16.4 Å². The molecule has 0 unspecified atom stereocenters. The molecule has 34 heavy (non-hydrogen) atoms. The maximum Gasteiger partial charge on any atom is 0.251 e. The molecule has 0 aliphatic heterocycles. The molecule has 1 saturated carbocycles. The lowest BCUT2D eigenvalue weighted by Gasteiger charge is -2.07. The molecule has 0 atom stereocenters. The maximum atomic E-state index is 12.6. The van der Waals surface area contributed by atoms with Gasteiger partial charge in [-0.15, -0.1) is 0 Å². The number of imidazole rings is 1. The number of rotatable bonds is 8. The van der Waals surface area contributed by atoms with Gasteiger partial charge in [-0.1, -0.05) is 78.5 Å². The van der Waals surface area contributed by atoms with E-state index in [1.807, 2.05) is 60.7 Å². The van der Waals surface area contributed by atoms with Gasteiger partial charge < -0.3 is 15.6 Å². The van der Waals surface area contributed by atoms with Crippen LogP contribution in [-0.4, -0.2) is 33.6 Å². The molecule has 4 aromatic rings. The first-order valence-electron chi connectivity index (χ1n) is 11.2. The molecule has 0 spiro atoms. The molecule has 6 nitrogen and oxygen atoms in total.